The molecule has 0 saturated heterocycles. The van der Waals surface area contributed by atoms with Crippen LogP contribution in [0.1, 0.15) is 0 Å². The minimum absolute atomic E-state index is 0.703. The molecule has 2 nitrogen and oxygen atoms in total. The molecule has 2 aromatic carbocycles. The third kappa shape index (κ3) is 1.16. The molecule has 18 heavy (non-hydrogen) atoms. The van der Waals surface area contributed by atoms with E-state index >= 15 is 0 Å². The van der Waals surface area contributed by atoms with E-state index in [1.807, 2.05) is 48.7 Å². The molecular formula is C15H8BNO. The second-order valence-electron chi connectivity index (χ2n) is 4.35. The standard InChI is InChI=1S/C15H8BNO/c16-11-6-3-7-12-13(11)14-15(18-12)10-5-2-1-4-9(10)8-17-14/h1-8H. The Labute approximate surface area is 105 Å². The van der Waals surface area contributed by atoms with Crippen LogP contribution < -0.4 is 5.46 Å². The van der Waals surface area contributed by atoms with Crippen molar-refractivity contribution in [2.45, 2.75) is 0 Å². The summed E-state index contributed by atoms with van der Waals surface area (Å²) in [6.45, 7) is 0. The summed E-state index contributed by atoms with van der Waals surface area (Å²) in [7, 11) is 6.01. The summed E-state index contributed by atoms with van der Waals surface area (Å²) in [6.07, 6.45) is 1.86. The molecule has 4 aromatic rings. The predicted molar refractivity (Wildman–Crippen MR) is 74.4 cm³/mol. The van der Waals surface area contributed by atoms with Crippen LogP contribution in [0.15, 0.2) is 53.1 Å². The van der Waals surface area contributed by atoms with Crippen LogP contribution in [0.4, 0.5) is 0 Å². The molecule has 3 heteroatoms. The molecule has 0 N–H and O–H groups in total. The van der Waals surface area contributed by atoms with Crippen LogP contribution in [0.3, 0.4) is 0 Å². The van der Waals surface area contributed by atoms with Crippen LogP contribution in [0.2, 0.25) is 0 Å². The fourth-order valence-corrected chi connectivity index (χ4v) is 2.41. The zero-order valence-electron chi connectivity index (χ0n) is 9.55. The number of fused-ring (bicyclic) bond motifs is 5. The Kier molecular flexibility index (Phi) is 1.81. The van der Waals surface area contributed by atoms with Gasteiger partial charge in [0.1, 0.15) is 18.9 Å². The number of benzene rings is 2. The van der Waals surface area contributed by atoms with Crippen molar-refractivity contribution in [1.29, 1.82) is 0 Å². The van der Waals surface area contributed by atoms with Gasteiger partial charge in [0.25, 0.3) is 0 Å². The number of aromatic nitrogens is 1. The first-order chi connectivity index (χ1) is 8.84. The molecule has 0 spiro atoms. The quantitative estimate of drug-likeness (QED) is 0.433. The van der Waals surface area contributed by atoms with Crippen molar-refractivity contribution in [2.24, 2.45) is 0 Å². The fraction of sp³-hybridized carbons (Fsp3) is 0. The van der Waals surface area contributed by atoms with E-state index in [1.165, 1.54) is 0 Å². The highest BCUT2D eigenvalue weighted by Crippen LogP contribution is 2.30. The van der Waals surface area contributed by atoms with E-state index in [0.717, 1.165) is 32.8 Å². The summed E-state index contributed by atoms with van der Waals surface area (Å²) in [5, 5.41) is 3.04. The molecule has 0 aliphatic rings. The van der Waals surface area contributed by atoms with Gasteiger partial charge in [-0.15, -0.1) is 0 Å². The smallest absolute Gasteiger partial charge is 0.161 e. The van der Waals surface area contributed by atoms with Gasteiger partial charge in [0, 0.05) is 22.4 Å². The Balaban J connectivity index is 2.34. The van der Waals surface area contributed by atoms with Crippen LogP contribution in [0, 0.1) is 0 Å². The van der Waals surface area contributed by atoms with E-state index in [4.69, 9.17) is 12.3 Å². The van der Waals surface area contributed by atoms with Crippen LogP contribution in [-0.2, 0) is 0 Å². The molecule has 0 fully saturated rings. The molecule has 4 rings (SSSR count). The van der Waals surface area contributed by atoms with Crippen LogP contribution in [-0.4, -0.2) is 12.8 Å². The first-order valence-electron chi connectivity index (χ1n) is 5.79. The molecule has 82 valence electrons. The summed E-state index contributed by atoms with van der Waals surface area (Å²) in [5.74, 6) is 0. The molecule has 2 heterocycles. The third-order valence-corrected chi connectivity index (χ3v) is 3.26. The van der Waals surface area contributed by atoms with Gasteiger partial charge < -0.3 is 4.42 Å². The predicted octanol–water partition coefficient (Wildman–Crippen LogP) is 2.93. The molecule has 0 bridgehead atoms. The van der Waals surface area contributed by atoms with Crippen molar-refractivity contribution >= 4 is 46.2 Å². The molecule has 0 unspecified atom stereocenters. The Morgan fingerprint density at radius 2 is 1.89 bits per heavy atom. The van der Waals surface area contributed by atoms with Crippen molar-refractivity contribution in [3.8, 4) is 0 Å². The molecule has 0 amide bonds. The summed E-state index contributed by atoms with van der Waals surface area (Å²) in [4.78, 5) is 4.48. The lowest BCUT2D eigenvalue weighted by Gasteiger charge is -1.97. The summed E-state index contributed by atoms with van der Waals surface area (Å²) >= 11 is 0. The topological polar surface area (TPSA) is 26.0 Å². The van der Waals surface area contributed by atoms with Gasteiger partial charge in [0.15, 0.2) is 5.58 Å². The van der Waals surface area contributed by atoms with Crippen LogP contribution >= 0.6 is 0 Å². The number of pyridine rings is 1. The van der Waals surface area contributed by atoms with Crippen molar-refractivity contribution < 1.29 is 4.42 Å². The SMILES string of the molecule is [B]c1cccc2oc3c4ccccc4cnc3c12. The Bertz CT molecular complexity index is 895. The highest BCUT2D eigenvalue weighted by Gasteiger charge is 2.12. The average Bonchev–Trinajstić information content (AvgIpc) is 2.79. The lowest BCUT2D eigenvalue weighted by molar-refractivity contribution is 0.672. The maximum absolute atomic E-state index is 6.01. The average molecular weight is 229 g/mol. The van der Waals surface area contributed by atoms with Crippen molar-refractivity contribution in [3.05, 3.63) is 48.7 Å². The van der Waals surface area contributed by atoms with Crippen molar-refractivity contribution in [3.63, 3.8) is 0 Å². The maximum Gasteiger partial charge on any atom is 0.161 e. The van der Waals surface area contributed by atoms with E-state index in [9.17, 15) is 0 Å². The second kappa shape index (κ2) is 3.36. The highest BCUT2D eigenvalue weighted by molar-refractivity contribution is 6.41. The number of nitrogens with zero attached hydrogens (tertiary/aromatic N) is 1. The molecule has 0 atom stereocenters. The molecular weight excluding hydrogens is 221 g/mol. The number of hydrogen-bond acceptors (Lipinski definition) is 2. The summed E-state index contributed by atoms with van der Waals surface area (Å²) in [5.41, 5.74) is 3.13. The Morgan fingerprint density at radius 3 is 2.83 bits per heavy atom. The zero-order chi connectivity index (χ0) is 12.1. The molecule has 0 aliphatic heterocycles. The highest BCUT2D eigenvalue weighted by atomic mass is 16.3. The fourth-order valence-electron chi connectivity index (χ4n) is 2.41. The lowest BCUT2D eigenvalue weighted by atomic mass is 9.92. The van der Waals surface area contributed by atoms with Gasteiger partial charge in [-0.25, -0.2) is 0 Å². The number of rotatable bonds is 0. The molecule has 2 radical (unpaired) electrons. The van der Waals surface area contributed by atoms with Gasteiger partial charge in [-0.2, -0.15) is 0 Å². The van der Waals surface area contributed by atoms with E-state index in [0.29, 0.717) is 5.46 Å². The number of hydrogen-bond donors (Lipinski definition) is 0. The van der Waals surface area contributed by atoms with E-state index in [2.05, 4.69) is 4.98 Å². The molecule has 0 saturated carbocycles. The minimum atomic E-state index is 0.703. The third-order valence-electron chi connectivity index (χ3n) is 3.26. The number of furan rings is 1. The minimum Gasteiger partial charge on any atom is -0.454 e. The largest absolute Gasteiger partial charge is 0.454 e. The first kappa shape index (κ1) is 9.72. The van der Waals surface area contributed by atoms with Crippen molar-refractivity contribution in [1.82, 2.24) is 4.98 Å². The van der Waals surface area contributed by atoms with E-state index in [1.54, 1.807) is 0 Å². The van der Waals surface area contributed by atoms with Gasteiger partial charge in [-0.1, -0.05) is 41.9 Å². The lowest BCUT2D eigenvalue weighted by Crippen LogP contribution is -2.01. The van der Waals surface area contributed by atoms with Gasteiger partial charge in [0.05, 0.1) is 0 Å². The zero-order valence-corrected chi connectivity index (χ0v) is 9.55. The Hall–Kier alpha value is -2.29. The monoisotopic (exact) mass is 229 g/mol. The second-order valence-corrected chi connectivity index (χ2v) is 4.35. The first-order valence-corrected chi connectivity index (χ1v) is 5.79. The summed E-state index contributed by atoms with van der Waals surface area (Å²) < 4.78 is 5.90. The van der Waals surface area contributed by atoms with Gasteiger partial charge in [0.2, 0.25) is 0 Å². The normalized spacial score (nSPS) is 11.6. The van der Waals surface area contributed by atoms with E-state index in [-0.39, 0.29) is 0 Å². The van der Waals surface area contributed by atoms with Gasteiger partial charge >= 0.3 is 0 Å². The van der Waals surface area contributed by atoms with E-state index < -0.39 is 0 Å². The van der Waals surface area contributed by atoms with Crippen LogP contribution in [0.5, 0.6) is 0 Å². The van der Waals surface area contributed by atoms with Gasteiger partial charge in [-0.3, -0.25) is 4.98 Å². The molecule has 0 aliphatic carbocycles. The van der Waals surface area contributed by atoms with Crippen molar-refractivity contribution in [2.75, 3.05) is 0 Å². The van der Waals surface area contributed by atoms with Crippen LogP contribution in [0.25, 0.3) is 32.8 Å². The maximum atomic E-state index is 6.01. The summed E-state index contributed by atoms with van der Waals surface area (Å²) in [6, 6.07) is 13.7. The van der Waals surface area contributed by atoms with Gasteiger partial charge in [-0.05, 0) is 6.07 Å². The Morgan fingerprint density at radius 1 is 1.00 bits per heavy atom. The molecule has 2 aromatic heterocycles.